The zero-order valence-electron chi connectivity index (χ0n) is 11.2. The van der Waals surface area contributed by atoms with Crippen LogP contribution in [0, 0.1) is 6.92 Å². The molecular weight excluding hydrogens is 268 g/mol. The summed E-state index contributed by atoms with van der Waals surface area (Å²) < 4.78 is 30.8. The summed E-state index contributed by atoms with van der Waals surface area (Å²) >= 11 is 0. The van der Waals surface area contributed by atoms with Gasteiger partial charge in [-0.15, -0.1) is 0 Å². The Bertz CT molecular complexity index is 569. The number of likely N-dealkylation sites (N-methyl/N-ethyl adjacent to an activating group) is 1. The third-order valence-electron chi connectivity index (χ3n) is 2.69. The Morgan fingerprint density at radius 1 is 1.42 bits per heavy atom. The maximum Gasteiger partial charge on any atom is 0.243 e. The van der Waals surface area contributed by atoms with Crippen molar-refractivity contribution in [3.8, 4) is 5.75 Å². The van der Waals surface area contributed by atoms with Gasteiger partial charge in [-0.3, -0.25) is 4.79 Å². The largest absolute Gasteiger partial charge is 0.496 e. The number of carbonyl (C=O) groups excluding carboxylic acids is 1. The molecule has 0 saturated carbocycles. The van der Waals surface area contributed by atoms with E-state index in [1.54, 1.807) is 19.9 Å². The maximum absolute atomic E-state index is 12.3. The molecule has 106 valence electrons. The summed E-state index contributed by atoms with van der Waals surface area (Å²) in [6.07, 6.45) is 0. The van der Waals surface area contributed by atoms with Crippen LogP contribution in [0.3, 0.4) is 0 Å². The van der Waals surface area contributed by atoms with Crippen LogP contribution in [0.1, 0.15) is 12.5 Å². The Kier molecular flexibility index (Phi) is 4.90. The summed E-state index contributed by atoms with van der Waals surface area (Å²) in [4.78, 5) is 11.0. The Morgan fingerprint density at radius 2 is 2.05 bits per heavy atom. The average Bonchev–Trinajstić information content (AvgIpc) is 2.35. The summed E-state index contributed by atoms with van der Waals surface area (Å²) in [5.41, 5.74) is 5.76. The van der Waals surface area contributed by atoms with Gasteiger partial charge in [-0.1, -0.05) is 6.92 Å². The average molecular weight is 286 g/mol. The standard InChI is InChI=1S/C12H18N2O4S/c1-4-14(8-12(13)15)19(16,17)10-5-6-11(18-3)9(2)7-10/h5-7H,4,8H2,1-3H3,(H2,13,15). The quantitative estimate of drug-likeness (QED) is 0.824. The van der Waals surface area contributed by atoms with Crippen molar-refractivity contribution < 1.29 is 17.9 Å². The number of nitrogens with zero attached hydrogens (tertiary/aromatic N) is 1. The molecule has 1 aromatic rings. The molecule has 0 spiro atoms. The first-order valence-electron chi connectivity index (χ1n) is 5.76. The van der Waals surface area contributed by atoms with E-state index < -0.39 is 15.9 Å². The van der Waals surface area contributed by atoms with Crippen molar-refractivity contribution in [2.45, 2.75) is 18.7 Å². The predicted octanol–water partition coefficient (Wildman–Crippen LogP) is 0.500. The van der Waals surface area contributed by atoms with E-state index in [0.717, 1.165) is 4.31 Å². The summed E-state index contributed by atoms with van der Waals surface area (Å²) in [6, 6.07) is 4.54. The van der Waals surface area contributed by atoms with Gasteiger partial charge >= 0.3 is 0 Å². The molecule has 1 aromatic carbocycles. The van der Waals surface area contributed by atoms with Crippen molar-refractivity contribution >= 4 is 15.9 Å². The third-order valence-corrected chi connectivity index (χ3v) is 4.61. The molecule has 0 fully saturated rings. The van der Waals surface area contributed by atoms with E-state index in [1.165, 1.54) is 19.2 Å². The fourth-order valence-corrected chi connectivity index (χ4v) is 3.20. The molecule has 1 amide bonds. The van der Waals surface area contributed by atoms with Gasteiger partial charge in [0.25, 0.3) is 0 Å². The highest BCUT2D eigenvalue weighted by atomic mass is 32.2. The van der Waals surface area contributed by atoms with E-state index in [2.05, 4.69) is 0 Å². The smallest absolute Gasteiger partial charge is 0.243 e. The van der Waals surface area contributed by atoms with Gasteiger partial charge in [-0.05, 0) is 30.7 Å². The van der Waals surface area contributed by atoms with E-state index in [-0.39, 0.29) is 18.0 Å². The lowest BCUT2D eigenvalue weighted by Gasteiger charge is -2.19. The molecule has 0 bridgehead atoms. The Balaban J connectivity index is 3.18. The number of benzene rings is 1. The zero-order chi connectivity index (χ0) is 14.6. The molecule has 0 aliphatic rings. The van der Waals surface area contributed by atoms with Crippen LogP contribution in [-0.4, -0.2) is 38.8 Å². The normalized spacial score (nSPS) is 11.6. The van der Waals surface area contributed by atoms with Crippen LogP contribution >= 0.6 is 0 Å². The van der Waals surface area contributed by atoms with Gasteiger partial charge in [0.2, 0.25) is 15.9 Å². The molecule has 6 nitrogen and oxygen atoms in total. The van der Waals surface area contributed by atoms with Gasteiger partial charge in [0.05, 0.1) is 18.6 Å². The number of methoxy groups -OCH3 is 1. The number of hydrogen-bond donors (Lipinski definition) is 1. The molecule has 7 heteroatoms. The summed E-state index contributed by atoms with van der Waals surface area (Å²) in [5, 5.41) is 0. The second-order valence-electron chi connectivity index (χ2n) is 4.03. The van der Waals surface area contributed by atoms with Crippen LogP contribution < -0.4 is 10.5 Å². The minimum atomic E-state index is -3.72. The number of nitrogens with two attached hydrogens (primary N) is 1. The second kappa shape index (κ2) is 6.03. The Hall–Kier alpha value is -1.60. The highest BCUT2D eigenvalue weighted by Gasteiger charge is 2.24. The third kappa shape index (κ3) is 3.45. The number of rotatable bonds is 6. The number of carbonyl (C=O) groups is 1. The molecule has 0 atom stereocenters. The molecule has 1 rings (SSSR count). The minimum absolute atomic E-state index is 0.119. The summed E-state index contributed by atoms with van der Waals surface area (Å²) in [6.45, 7) is 3.25. The summed E-state index contributed by atoms with van der Waals surface area (Å²) in [5.74, 6) is -0.0763. The number of ether oxygens (including phenoxy) is 1. The molecule has 0 aliphatic heterocycles. The van der Waals surface area contributed by atoms with Crippen LogP contribution in [0.25, 0.3) is 0 Å². The van der Waals surface area contributed by atoms with Crippen molar-refractivity contribution in [2.24, 2.45) is 5.73 Å². The molecule has 0 aliphatic carbocycles. The van der Waals surface area contributed by atoms with Crippen molar-refractivity contribution in [1.82, 2.24) is 4.31 Å². The number of primary amides is 1. The van der Waals surface area contributed by atoms with Gasteiger partial charge in [0, 0.05) is 6.54 Å². The first kappa shape index (κ1) is 15.5. The van der Waals surface area contributed by atoms with Crippen LogP contribution in [0.2, 0.25) is 0 Å². The maximum atomic E-state index is 12.3. The van der Waals surface area contributed by atoms with Gasteiger partial charge in [-0.2, -0.15) is 4.31 Å². The van der Waals surface area contributed by atoms with Crippen LogP contribution in [0.5, 0.6) is 5.75 Å². The lowest BCUT2D eigenvalue weighted by molar-refractivity contribution is -0.118. The van der Waals surface area contributed by atoms with Crippen molar-refractivity contribution in [2.75, 3.05) is 20.2 Å². The molecular formula is C12H18N2O4S. The molecule has 0 unspecified atom stereocenters. The van der Waals surface area contributed by atoms with E-state index in [1.807, 2.05) is 0 Å². The summed E-state index contributed by atoms with van der Waals surface area (Å²) in [7, 11) is -2.20. The van der Waals surface area contributed by atoms with Gasteiger partial charge in [0.15, 0.2) is 0 Å². The highest BCUT2D eigenvalue weighted by molar-refractivity contribution is 7.89. The molecule has 19 heavy (non-hydrogen) atoms. The van der Waals surface area contributed by atoms with Gasteiger partial charge in [-0.25, -0.2) is 8.42 Å². The van der Waals surface area contributed by atoms with Crippen molar-refractivity contribution in [3.63, 3.8) is 0 Å². The lowest BCUT2D eigenvalue weighted by Crippen LogP contribution is -2.38. The number of sulfonamides is 1. The topological polar surface area (TPSA) is 89.7 Å². The van der Waals surface area contributed by atoms with E-state index >= 15 is 0 Å². The molecule has 0 radical (unpaired) electrons. The van der Waals surface area contributed by atoms with Crippen LogP contribution in [0.4, 0.5) is 0 Å². The van der Waals surface area contributed by atoms with Crippen LogP contribution in [-0.2, 0) is 14.8 Å². The first-order chi connectivity index (χ1) is 8.82. The molecule has 2 N–H and O–H groups in total. The molecule has 0 saturated heterocycles. The van der Waals surface area contributed by atoms with E-state index in [0.29, 0.717) is 11.3 Å². The van der Waals surface area contributed by atoms with E-state index in [9.17, 15) is 13.2 Å². The Morgan fingerprint density at radius 3 is 2.47 bits per heavy atom. The van der Waals surface area contributed by atoms with E-state index in [4.69, 9.17) is 10.5 Å². The SMILES string of the molecule is CCN(CC(N)=O)S(=O)(=O)c1ccc(OC)c(C)c1. The molecule has 0 aromatic heterocycles. The lowest BCUT2D eigenvalue weighted by atomic mass is 10.2. The fourth-order valence-electron chi connectivity index (χ4n) is 1.70. The van der Waals surface area contributed by atoms with Crippen molar-refractivity contribution in [3.05, 3.63) is 23.8 Å². The minimum Gasteiger partial charge on any atom is -0.496 e. The molecule has 0 heterocycles. The van der Waals surface area contributed by atoms with Crippen LogP contribution in [0.15, 0.2) is 23.1 Å². The second-order valence-corrected chi connectivity index (χ2v) is 5.97. The van der Waals surface area contributed by atoms with Gasteiger partial charge in [0.1, 0.15) is 5.75 Å². The first-order valence-corrected chi connectivity index (χ1v) is 7.20. The number of aryl methyl sites for hydroxylation is 1. The number of hydrogen-bond acceptors (Lipinski definition) is 4. The predicted molar refractivity (Wildman–Crippen MR) is 71.4 cm³/mol. The monoisotopic (exact) mass is 286 g/mol. The Labute approximate surface area is 113 Å². The van der Waals surface area contributed by atoms with Gasteiger partial charge < -0.3 is 10.5 Å². The highest BCUT2D eigenvalue weighted by Crippen LogP contribution is 2.23. The zero-order valence-corrected chi connectivity index (χ0v) is 12.0. The number of amides is 1. The fraction of sp³-hybridized carbons (Fsp3) is 0.417. The van der Waals surface area contributed by atoms with Crippen molar-refractivity contribution in [1.29, 1.82) is 0 Å².